The third-order valence-electron chi connectivity index (χ3n) is 9.01. The van der Waals surface area contributed by atoms with Crippen LogP contribution in [0.1, 0.15) is 22.3 Å². The van der Waals surface area contributed by atoms with E-state index in [9.17, 15) is 52.7 Å². The van der Waals surface area contributed by atoms with Crippen LogP contribution in [0, 0.1) is 0 Å². The summed E-state index contributed by atoms with van der Waals surface area (Å²) in [6.07, 6.45) is -19.5. The quantitative estimate of drug-likeness (QED) is 0.110. The number of fused-ring (bicyclic) bond motifs is 20. The number of benzene rings is 4. The summed E-state index contributed by atoms with van der Waals surface area (Å²) >= 11 is 0. The predicted octanol–water partition coefficient (Wildman–Crippen LogP) is 10.2. The maximum Gasteiger partial charge on any atom is 2.00 e. The van der Waals surface area contributed by atoms with Crippen LogP contribution in [0.2, 0.25) is 0 Å². The van der Waals surface area contributed by atoms with E-state index >= 15 is 0 Å². The Kier molecular flexibility index (Phi) is 8.32. The second-order valence-corrected chi connectivity index (χ2v) is 12.5. The van der Waals surface area contributed by atoms with Crippen LogP contribution >= 0.6 is 0 Å². The molecule has 8 bridgehead atoms. The van der Waals surface area contributed by atoms with E-state index in [4.69, 9.17) is 0 Å². The summed E-state index contributed by atoms with van der Waals surface area (Å²) < 4.78 is 167. The zero-order valence-corrected chi connectivity index (χ0v) is 30.7. The molecule has 0 saturated heterocycles. The van der Waals surface area contributed by atoms with Gasteiger partial charge in [0, 0.05) is 44.8 Å². The average molecular weight is 850 g/mol. The Labute approximate surface area is 320 Å². The van der Waals surface area contributed by atoms with Crippen LogP contribution in [0.5, 0.6) is 0 Å². The van der Waals surface area contributed by atoms with Crippen LogP contribution in [0.15, 0.2) is 72.8 Å². The molecule has 3 aromatic heterocycles. The van der Waals surface area contributed by atoms with Crippen LogP contribution in [-0.4, -0.2) is 29.9 Å². The molecular formula is C36H12F12N8Zn. The first-order chi connectivity index (χ1) is 26.2. The van der Waals surface area contributed by atoms with Gasteiger partial charge < -0.3 is 29.9 Å². The average Bonchev–Trinajstić information content (AvgIpc) is 3.84. The van der Waals surface area contributed by atoms with Gasteiger partial charge in [0.1, 0.15) is 0 Å². The van der Waals surface area contributed by atoms with Gasteiger partial charge >= 0.3 is 44.2 Å². The monoisotopic (exact) mass is 848 g/mol. The molecular weight excluding hydrogens is 838 g/mol. The molecule has 8 nitrogen and oxygen atoms in total. The second kappa shape index (κ2) is 12.5. The topological polar surface area (TPSA) is 106 Å². The fourth-order valence-corrected chi connectivity index (χ4v) is 6.37. The molecule has 0 aliphatic carbocycles. The number of hydrogen-bond donors (Lipinski definition) is 0. The van der Waals surface area contributed by atoms with Crippen molar-refractivity contribution in [3.63, 3.8) is 0 Å². The molecule has 0 saturated carbocycles. The van der Waals surface area contributed by atoms with E-state index in [0.29, 0.717) is 36.4 Å². The third kappa shape index (κ3) is 6.42. The molecule has 2 aliphatic heterocycles. The normalized spacial score (nSPS) is 13.1. The van der Waals surface area contributed by atoms with Gasteiger partial charge in [0.05, 0.1) is 45.6 Å². The van der Waals surface area contributed by atoms with Crippen molar-refractivity contribution in [1.29, 1.82) is 0 Å². The van der Waals surface area contributed by atoms with Crippen molar-refractivity contribution < 1.29 is 72.2 Å². The van der Waals surface area contributed by atoms with E-state index in [2.05, 4.69) is 39.9 Å². The number of hydrogen-bond acceptors (Lipinski definition) is 6. The van der Waals surface area contributed by atoms with E-state index in [1.54, 1.807) is 0 Å². The fraction of sp³-hybridized carbons (Fsp3) is 0.111. The Morgan fingerprint density at radius 2 is 0.596 bits per heavy atom. The van der Waals surface area contributed by atoms with Crippen LogP contribution in [-0.2, 0) is 44.2 Å². The van der Waals surface area contributed by atoms with Crippen molar-refractivity contribution in [2.75, 3.05) is 0 Å². The van der Waals surface area contributed by atoms with Crippen LogP contribution in [0.3, 0.4) is 0 Å². The first kappa shape index (κ1) is 37.9. The Balaban J connectivity index is 0.00000455. The maximum absolute atomic E-state index is 13.9. The Hall–Kier alpha value is -5.98. The van der Waals surface area contributed by atoms with Crippen molar-refractivity contribution in [3.8, 4) is 45.6 Å². The molecule has 5 heterocycles. The molecule has 0 atom stereocenters. The Bertz CT molecular complexity index is 3000. The molecule has 0 fully saturated rings. The summed E-state index contributed by atoms with van der Waals surface area (Å²) in [6.45, 7) is 0. The van der Waals surface area contributed by atoms with E-state index in [1.807, 2.05) is 0 Å². The number of halogens is 12. The van der Waals surface area contributed by atoms with Gasteiger partial charge in [-0.3, -0.25) is 0 Å². The number of rotatable bonds is 0. The van der Waals surface area contributed by atoms with E-state index in [1.165, 1.54) is 0 Å². The molecule has 57 heavy (non-hydrogen) atoms. The summed E-state index contributed by atoms with van der Waals surface area (Å²) in [5.41, 5.74) is -6.87. The zero-order chi connectivity index (χ0) is 39.7. The Morgan fingerprint density at radius 1 is 0.316 bits per heavy atom. The summed E-state index contributed by atoms with van der Waals surface area (Å²) in [5.74, 6) is -1.62. The van der Waals surface area contributed by atoms with Gasteiger partial charge in [0.25, 0.3) is 0 Å². The zero-order valence-electron chi connectivity index (χ0n) is 27.7. The number of alkyl halides is 12. The molecule has 21 heteroatoms. The smallest absolute Gasteiger partial charge is 0.357 e. The second-order valence-electron chi connectivity index (χ2n) is 12.5. The minimum absolute atomic E-state index is 0. The van der Waals surface area contributed by atoms with Gasteiger partial charge in [-0.1, -0.05) is 24.3 Å². The van der Waals surface area contributed by atoms with Crippen molar-refractivity contribution in [1.82, 2.24) is 39.9 Å². The number of nitrogens with zero attached hydrogens (tertiary/aromatic N) is 8. The Morgan fingerprint density at radius 3 is 0.930 bits per heavy atom. The molecule has 0 spiro atoms. The van der Waals surface area contributed by atoms with E-state index < -0.39 is 69.9 Å². The predicted molar refractivity (Wildman–Crippen MR) is 174 cm³/mol. The third-order valence-corrected chi connectivity index (χ3v) is 9.01. The van der Waals surface area contributed by atoms with Crippen molar-refractivity contribution in [3.05, 3.63) is 95.1 Å². The molecule has 7 aromatic rings. The van der Waals surface area contributed by atoms with Gasteiger partial charge in [-0.15, -0.1) is 0 Å². The van der Waals surface area contributed by atoms with Crippen molar-refractivity contribution in [2.24, 2.45) is 0 Å². The summed E-state index contributed by atoms with van der Waals surface area (Å²) in [5, 5.41) is -0.657. The molecule has 4 aromatic carbocycles. The van der Waals surface area contributed by atoms with Gasteiger partial charge in [-0.05, 0) is 70.1 Å². The molecule has 0 N–H and O–H groups in total. The molecule has 0 radical (unpaired) electrons. The van der Waals surface area contributed by atoms with E-state index in [0.717, 1.165) is 36.4 Å². The first-order valence-electron chi connectivity index (χ1n) is 15.8. The van der Waals surface area contributed by atoms with Gasteiger partial charge in [0.15, 0.2) is 0 Å². The van der Waals surface area contributed by atoms with Crippen LogP contribution in [0.25, 0.3) is 89.7 Å². The molecule has 9 rings (SSSR count). The van der Waals surface area contributed by atoms with Gasteiger partial charge in [0.2, 0.25) is 0 Å². The van der Waals surface area contributed by atoms with Crippen LogP contribution in [0.4, 0.5) is 52.7 Å². The molecule has 0 unspecified atom stereocenters. The maximum atomic E-state index is 13.9. The minimum Gasteiger partial charge on any atom is -0.357 e. The summed E-state index contributed by atoms with van der Waals surface area (Å²) in [7, 11) is 0. The first-order valence-corrected chi connectivity index (χ1v) is 15.8. The number of aromatic nitrogens is 8. The summed E-state index contributed by atoms with van der Waals surface area (Å²) in [6, 6.07) is 9.66. The summed E-state index contributed by atoms with van der Waals surface area (Å²) in [4.78, 5) is 34.4. The van der Waals surface area contributed by atoms with Gasteiger partial charge in [-0.25, -0.2) is 9.97 Å². The minimum atomic E-state index is -4.89. The van der Waals surface area contributed by atoms with E-state index in [-0.39, 0.29) is 86.2 Å². The van der Waals surface area contributed by atoms with Crippen molar-refractivity contribution >= 4 is 44.1 Å². The standard InChI is InChI=1S/C36H12F12N8.Zn/c37-33(38,39)13-1-5-17-21(9-13)29-50-25(17)49-26-18-6-2-14(34(40,41)42)10-22(18)30(51-26)53-28-20-8-4-16(36(46,47)48)12-24(20)32(55-28)56-31-23-11-15(35(43,44)45)3-7-19(23)27(52-29)54-31;/h1-12H;/q-2;+2. The fourth-order valence-electron chi connectivity index (χ4n) is 6.37. The molecule has 0 amide bonds. The largest absolute Gasteiger partial charge is 2.00 e. The van der Waals surface area contributed by atoms with Gasteiger partial charge in [-0.2, -0.15) is 52.7 Å². The van der Waals surface area contributed by atoms with Crippen LogP contribution < -0.4 is 9.97 Å². The molecule has 2 aliphatic rings. The molecule has 282 valence electrons. The van der Waals surface area contributed by atoms with Crippen molar-refractivity contribution in [2.45, 2.75) is 24.7 Å². The SMILES string of the molecule is FC(F)(F)c1ccc2c(c1)-c1nc-2nc2[n-]c(nc3nc(nc4[n-]c(n1)c1ccc(C(F)(F)F)cc41)-c1cc(C(F)(F)F)ccc1-3)c1cc(C(F)(F)F)ccc21.[Zn+2].